The first-order chi connectivity index (χ1) is 12.1. The van der Waals surface area contributed by atoms with Gasteiger partial charge in [-0.15, -0.1) is 0 Å². The first kappa shape index (κ1) is 17.5. The molecular weight excluding hydrogens is 312 g/mol. The van der Waals surface area contributed by atoms with Gasteiger partial charge in [-0.25, -0.2) is 0 Å². The van der Waals surface area contributed by atoms with Gasteiger partial charge in [0.1, 0.15) is 11.6 Å². The van der Waals surface area contributed by atoms with E-state index in [0.29, 0.717) is 12.0 Å². The standard InChI is InChI=1S/C19H28N6/c1-15(8-9-16-6-4-3-5-7-16)21-17-14-18(23-19(20)22-17)25-12-10-24(2)11-13-25/h3-7,14-15H,8-13H2,1-2H3,(H3,20,21,22,23). The number of nitrogens with two attached hydrogens (primary N) is 1. The fraction of sp³-hybridized carbons (Fsp3) is 0.474. The second-order valence-electron chi connectivity index (χ2n) is 6.83. The van der Waals surface area contributed by atoms with Crippen LogP contribution in [-0.4, -0.2) is 54.1 Å². The Hall–Kier alpha value is -2.34. The number of benzene rings is 1. The third-order valence-electron chi connectivity index (χ3n) is 4.66. The van der Waals surface area contributed by atoms with Crippen molar-refractivity contribution < 1.29 is 0 Å². The van der Waals surface area contributed by atoms with Gasteiger partial charge in [0.2, 0.25) is 5.95 Å². The van der Waals surface area contributed by atoms with E-state index >= 15 is 0 Å². The Morgan fingerprint density at radius 2 is 1.84 bits per heavy atom. The first-order valence-electron chi connectivity index (χ1n) is 8.98. The third kappa shape index (κ3) is 5.06. The van der Waals surface area contributed by atoms with Crippen molar-refractivity contribution in [2.45, 2.75) is 25.8 Å². The zero-order valence-corrected chi connectivity index (χ0v) is 15.2. The summed E-state index contributed by atoms with van der Waals surface area (Å²) >= 11 is 0. The minimum Gasteiger partial charge on any atom is -0.368 e. The second kappa shape index (κ2) is 8.16. The molecule has 0 bridgehead atoms. The highest BCUT2D eigenvalue weighted by atomic mass is 15.3. The van der Waals surface area contributed by atoms with Crippen molar-refractivity contribution in [1.29, 1.82) is 0 Å². The van der Waals surface area contributed by atoms with Gasteiger partial charge in [0.05, 0.1) is 0 Å². The molecular formula is C19H28N6. The van der Waals surface area contributed by atoms with E-state index in [4.69, 9.17) is 5.73 Å². The van der Waals surface area contributed by atoms with Gasteiger partial charge in [-0.05, 0) is 32.4 Å². The van der Waals surface area contributed by atoms with E-state index in [-0.39, 0.29) is 0 Å². The lowest BCUT2D eigenvalue weighted by Gasteiger charge is -2.33. The van der Waals surface area contributed by atoms with Gasteiger partial charge >= 0.3 is 0 Å². The van der Waals surface area contributed by atoms with Crippen molar-refractivity contribution in [1.82, 2.24) is 14.9 Å². The van der Waals surface area contributed by atoms with Crippen LogP contribution in [-0.2, 0) is 6.42 Å². The summed E-state index contributed by atoms with van der Waals surface area (Å²) in [6, 6.07) is 12.9. The van der Waals surface area contributed by atoms with E-state index in [1.807, 2.05) is 6.07 Å². The molecule has 3 rings (SSSR count). The summed E-state index contributed by atoms with van der Waals surface area (Å²) < 4.78 is 0. The van der Waals surface area contributed by atoms with Gasteiger partial charge in [-0.1, -0.05) is 30.3 Å². The summed E-state index contributed by atoms with van der Waals surface area (Å²) in [5, 5.41) is 3.47. The maximum Gasteiger partial charge on any atom is 0.223 e. The summed E-state index contributed by atoms with van der Waals surface area (Å²) in [5.41, 5.74) is 7.29. The summed E-state index contributed by atoms with van der Waals surface area (Å²) in [6.45, 7) is 6.20. The first-order valence-corrected chi connectivity index (χ1v) is 8.98. The van der Waals surface area contributed by atoms with Crippen molar-refractivity contribution in [3.8, 4) is 0 Å². The molecule has 0 radical (unpaired) electrons. The Balaban J connectivity index is 1.60. The molecule has 2 heterocycles. The molecule has 6 heteroatoms. The summed E-state index contributed by atoms with van der Waals surface area (Å²) in [5.74, 6) is 2.05. The molecule has 134 valence electrons. The molecule has 0 saturated carbocycles. The number of hydrogen-bond acceptors (Lipinski definition) is 6. The van der Waals surface area contributed by atoms with Crippen LogP contribution in [0.5, 0.6) is 0 Å². The van der Waals surface area contributed by atoms with E-state index in [0.717, 1.165) is 50.7 Å². The zero-order chi connectivity index (χ0) is 17.6. The number of likely N-dealkylation sites (N-methyl/N-ethyl adjacent to an activating group) is 1. The molecule has 1 unspecified atom stereocenters. The van der Waals surface area contributed by atoms with Crippen LogP contribution in [0.2, 0.25) is 0 Å². The Kier molecular flexibility index (Phi) is 5.71. The van der Waals surface area contributed by atoms with Crippen LogP contribution in [0.3, 0.4) is 0 Å². The molecule has 0 aliphatic carbocycles. The average Bonchev–Trinajstić information content (AvgIpc) is 2.61. The lowest BCUT2D eigenvalue weighted by atomic mass is 10.1. The highest BCUT2D eigenvalue weighted by Crippen LogP contribution is 2.19. The Morgan fingerprint density at radius 3 is 2.56 bits per heavy atom. The Labute approximate surface area is 150 Å². The predicted octanol–water partition coefficient (Wildman–Crippen LogP) is 2.24. The molecule has 6 nitrogen and oxygen atoms in total. The summed E-state index contributed by atoms with van der Waals surface area (Å²) in [4.78, 5) is 13.4. The van der Waals surface area contributed by atoms with Crippen LogP contribution < -0.4 is 16.0 Å². The highest BCUT2D eigenvalue weighted by Gasteiger charge is 2.17. The number of aromatic nitrogens is 2. The monoisotopic (exact) mass is 340 g/mol. The van der Waals surface area contributed by atoms with E-state index in [1.165, 1.54) is 5.56 Å². The highest BCUT2D eigenvalue weighted by molar-refractivity contribution is 5.53. The van der Waals surface area contributed by atoms with Crippen molar-refractivity contribution in [3.63, 3.8) is 0 Å². The number of aryl methyl sites for hydroxylation is 1. The van der Waals surface area contributed by atoms with Crippen LogP contribution in [0.25, 0.3) is 0 Å². The quantitative estimate of drug-likeness (QED) is 0.840. The molecule has 1 aliphatic rings. The summed E-state index contributed by atoms with van der Waals surface area (Å²) in [6.07, 6.45) is 2.08. The van der Waals surface area contributed by atoms with E-state index in [9.17, 15) is 0 Å². The van der Waals surface area contributed by atoms with Gasteiger partial charge < -0.3 is 20.9 Å². The van der Waals surface area contributed by atoms with Crippen molar-refractivity contribution in [2.24, 2.45) is 0 Å². The van der Waals surface area contributed by atoms with Crippen LogP contribution in [0.15, 0.2) is 36.4 Å². The van der Waals surface area contributed by atoms with Crippen LogP contribution >= 0.6 is 0 Å². The molecule has 1 atom stereocenters. The SMILES string of the molecule is CC(CCc1ccccc1)Nc1cc(N2CCN(C)CC2)nc(N)n1. The van der Waals surface area contributed by atoms with Crippen LogP contribution in [0.4, 0.5) is 17.6 Å². The zero-order valence-electron chi connectivity index (χ0n) is 15.2. The maximum absolute atomic E-state index is 5.93. The van der Waals surface area contributed by atoms with Gasteiger partial charge in [-0.2, -0.15) is 9.97 Å². The normalized spacial score (nSPS) is 16.6. The number of nitrogens with zero attached hydrogens (tertiary/aromatic N) is 4. The molecule has 3 N–H and O–H groups in total. The number of rotatable bonds is 6. The molecule has 0 amide bonds. The van der Waals surface area contributed by atoms with Gasteiger partial charge in [-0.3, -0.25) is 0 Å². The minimum absolute atomic E-state index is 0.315. The third-order valence-corrected chi connectivity index (χ3v) is 4.66. The average molecular weight is 340 g/mol. The Morgan fingerprint density at radius 1 is 1.12 bits per heavy atom. The molecule has 1 saturated heterocycles. The number of nitrogens with one attached hydrogen (secondary N) is 1. The van der Waals surface area contributed by atoms with E-state index in [1.54, 1.807) is 0 Å². The largest absolute Gasteiger partial charge is 0.368 e. The fourth-order valence-corrected chi connectivity index (χ4v) is 3.08. The molecule has 25 heavy (non-hydrogen) atoms. The minimum atomic E-state index is 0.315. The lowest BCUT2D eigenvalue weighted by molar-refractivity contribution is 0.312. The fourth-order valence-electron chi connectivity index (χ4n) is 3.08. The van der Waals surface area contributed by atoms with Crippen molar-refractivity contribution >= 4 is 17.6 Å². The van der Waals surface area contributed by atoms with Crippen LogP contribution in [0, 0.1) is 0 Å². The van der Waals surface area contributed by atoms with Crippen molar-refractivity contribution in [3.05, 3.63) is 42.0 Å². The second-order valence-corrected chi connectivity index (χ2v) is 6.83. The number of hydrogen-bond donors (Lipinski definition) is 2. The van der Waals surface area contributed by atoms with Gasteiger partial charge in [0.15, 0.2) is 0 Å². The van der Waals surface area contributed by atoms with Gasteiger partial charge in [0.25, 0.3) is 0 Å². The molecule has 1 aromatic carbocycles. The summed E-state index contributed by atoms with van der Waals surface area (Å²) in [7, 11) is 2.15. The van der Waals surface area contributed by atoms with Gasteiger partial charge in [0, 0.05) is 38.3 Å². The molecule has 1 aliphatic heterocycles. The number of anilines is 3. The predicted molar refractivity (Wildman–Crippen MR) is 104 cm³/mol. The van der Waals surface area contributed by atoms with Crippen molar-refractivity contribution in [2.75, 3.05) is 49.2 Å². The Bertz CT molecular complexity index is 667. The molecule has 1 fully saturated rings. The molecule has 2 aromatic rings. The maximum atomic E-state index is 5.93. The molecule has 0 spiro atoms. The van der Waals surface area contributed by atoms with Crippen LogP contribution in [0.1, 0.15) is 18.9 Å². The lowest BCUT2D eigenvalue weighted by Crippen LogP contribution is -2.44. The number of piperazine rings is 1. The molecule has 1 aromatic heterocycles. The van der Waals surface area contributed by atoms with E-state index in [2.05, 4.69) is 69.4 Å². The topological polar surface area (TPSA) is 70.3 Å². The number of nitrogen functional groups attached to an aromatic ring is 1. The smallest absolute Gasteiger partial charge is 0.223 e. The van der Waals surface area contributed by atoms with E-state index < -0.39 is 0 Å².